The molecular formula is C14H22N2O5S. The van der Waals surface area contributed by atoms with E-state index in [1.165, 1.54) is 11.8 Å². The number of nitrogens with zero attached hydrogens (tertiary/aromatic N) is 1. The van der Waals surface area contributed by atoms with Crippen LogP contribution in [0.4, 0.5) is 0 Å². The van der Waals surface area contributed by atoms with Crippen LogP contribution in [0.1, 0.15) is 33.1 Å². The fourth-order valence-electron chi connectivity index (χ4n) is 2.42. The first-order valence-electron chi connectivity index (χ1n) is 7.27. The number of hydrogen-bond acceptors (Lipinski definition) is 5. The molecule has 1 aliphatic rings. The van der Waals surface area contributed by atoms with Crippen molar-refractivity contribution in [3.63, 3.8) is 0 Å². The lowest BCUT2D eigenvalue weighted by Crippen LogP contribution is -2.43. The van der Waals surface area contributed by atoms with Crippen molar-refractivity contribution in [3.05, 3.63) is 0 Å². The van der Waals surface area contributed by atoms with E-state index < -0.39 is 12.0 Å². The Morgan fingerprint density at radius 3 is 2.68 bits per heavy atom. The van der Waals surface area contributed by atoms with Crippen LogP contribution < -0.4 is 5.32 Å². The Kier molecular flexibility index (Phi) is 7.37. The van der Waals surface area contributed by atoms with Crippen molar-refractivity contribution in [2.45, 2.75) is 39.2 Å². The minimum Gasteiger partial charge on any atom is -0.480 e. The summed E-state index contributed by atoms with van der Waals surface area (Å²) in [6.07, 6.45) is 0.423. The Labute approximate surface area is 133 Å². The van der Waals surface area contributed by atoms with Gasteiger partial charge in [-0.05, 0) is 19.3 Å². The molecule has 0 bridgehead atoms. The first-order chi connectivity index (χ1) is 10.3. The summed E-state index contributed by atoms with van der Waals surface area (Å²) in [6.45, 7) is 4.06. The molecule has 0 aromatic rings. The van der Waals surface area contributed by atoms with E-state index in [1.807, 2.05) is 0 Å². The third-order valence-electron chi connectivity index (χ3n) is 3.44. The molecule has 0 radical (unpaired) electrons. The first-order valence-corrected chi connectivity index (χ1v) is 8.26. The van der Waals surface area contributed by atoms with E-state index in [1.54, 1.807) is 6.92 Å². The molecule has 1 rings (SSSR count). The van der Waals surface area contributed by atoms with E-state index >= 15 is 0 Å². The lowest BCUT2D eigenvalue weighted by atomic mass is 10.1. The number of carboxylic acids is 1. The predicted octanol–water partition coefficient (Wildman–Crippen LogP) is 0.484. The minimum absolute atomic E-state index is 0.0167. The largest absolute Gasteiger partial charge is 0.480 e. The molecule has 0 aromatic heterocycles. The highest BCUT2D eigenvalue weighted by atomic mass is 32.2. The smallest absolute Gasteiger partial charge is 0.326 e. The molecule has 0 aromatic carbocycles. The Bertz CT molecular complexity index is 455. The summed E-state index contributed by atoms with van der Waals surface area (Å²) in [4.78, 5) is 47.2. The van der Waals surface area contributed by atoms with Crippen molar-refractivity contribution in [1.82, 2.24) is 10.2 Å². The van der Waals surface area contributed by atoms with Gasteiger partial charge in [-0.2, -0.15) is 0 Å². The van der Waals surface area contributed by atoms with Gasteiger partial charge in [-0.1, -0.05) is 11.8 Å². The second kappa shape index (κ2) is 8.77. The van der Waals surface area contributed by atoms with Crippen LogP contribution in [-0.2, 0) is 19.2 Å². The number of amides is 2. The van der Waals surface area contributed by atoms with Crippen molar-refractivity contribution in [2.75, 3.05) is 18.8 Å². The normalized spacial score (nSPS) is 19.1. The topological polar surface area (TPSA) is 104 Å². The molecular weight excluding hydrogens is 308 g/mol. The van der Waals surface area contributed by atoms with Crippen molar-refractivity contribution >= 4 is 34.7 Å². The predicted molar refractivity (Wildman–Crippen MR) is 82.3 cm³/mol. The van der Waals surface area contributed by atoms with Gasteiger partial charge >= 0.3 is 5.97 Å². The van der Waals surface area contributed by atoms with Gasteiger partial charge in [0, 0.05) is 38.6 Å². The molecule has 1 aliphatic heterocycles. The van der Waals surface area contributed by atoms with Crippen molar-refractivity contribution < 1.29 is 24.3 Å². The number of carbonyl (C=O) groups is 4. The molecule has 2 N–H and O–H groups in total. The maximum absolute atomic E-state index is 12.0. The number of carbonyl (C=O) groups excluding carboxylic acids is 3. The Hall–Kier alpha value is -1.57. The summed E-state index contributed by atoms with van der Waals surface area (Å²) in [6, 6.07) is -0.984. The van der Waals surface area contributed by atoms with Crippen LogP contribution >= 0.6 is 11.8 Å². The molecule has 8 heteroatoms. The lowest BCUT2D eigenvalue weighted by Gasteiger charge is -2.24. The highest BCUT2D eigenvalue weighted by molar-refractivity contribution is 8.13. The summed E-state index contributed by atoms with van der Waals surface area (Å²) in [5.74, 6) is -1.05. The van der Waals surface area contributed by atoms with Crippen LogP contribution in [0.3, 0.4) is 0 Å². The van der Waals surface area contributed by atoms with E-state index in [0.29, 0.717) is 18.8 Å². The molecule has 1 saturated heterocycles. The third kappa shape index (κ3) is 5.67. The average molecular weight is 330 g/mol. The molecule has 124 valence electrons. The van der Waals surface area contributed by atoms with E-state index in [4.69, 9.17) is 0 Å². The summed E-state index contributed by atoms with van der Waals surface area (Å²) >= 11 is 1.15. The molecule has 0 aliphatic carbocycles. The van der Waals surface area contributed by atoms with Crippen LogP contribution in [-0.4, -0.2) is 57.8 Å². The van der Waals surface area contributed by atoms with Crippen LogP contribution in [0.5, 0.6) is 0 Å². The van der Waals surface area contributed by atoms with Crippen LogP contribution in [0.2, 0.25) is 0 Å². The summed E-state index contributed by atoms with van der Waals surface area (Å²) in [7, 11) is 0. The van der Waals surface area contributed by atoms with Crippen LogP contribution in [0.15, 0.2) is 0 Å². The highest BCUT2D eigenvalue weighted by Crippen LogP contribution is 2.25. The van der Waals surface area contributed by atoms with Gasteiger partial charge in [0.25, 0.3) is 0 Å². The van der Waals surface area contributed by atoms with Gasteiger partial charge < -0.3 is 15.3 Å². The fraction of sp³-hybridized carbons (Fsp3) is 0.714. The van der Waals surface area contributed by atoms with Crippen molar-refractivity contribution in [3.8, 4) is 0 Å². The third-order valence-corrected chi connectivity index (χ3v) is 4.49. The Morgan fingerprint density at radius 1 is 1.45 bits per heavy atom. The molecule has 1 heterocycles. The van der Waals surface area contributed by atoms with E-state index in [-0.39, 0.29) is 42.1 Å². The van der Waals surface area contributed by atoms with Gasteiger partial charge in [-0.15, -0.1) is 0 Å². The summed E-state index contributed by atoms with van der Waals surface area (Å²) in [5.41, 5.74) is 0. The molecule has 22 heavy (non-hydrogen) atoms. The van der Waals surface area contributed by atoms with Gasteiger partial charge in [0.1, 0.15) is 6.04 Å². The van der Waals surface area contributed by atoms with Gasteiger partial charge in [0.05, 0.1) is 0 Å². The van der Waals surface area contributed by atoms with Crippen LogP contribution in [0.25, 0.3) is 0 Å². The highest BCUT2D eigenvalue weighted by Gasteiger charge is 2.37. The maximum atomic E-state index is 12.0. The van der Waals surface area contributed by atoms with Crippen LogP contribution in [0, 0.1) is 5.92 Å². The second-order valence-corrected chi connectivity index (χ2v) is 6.46. The summed E-state index contributed by atoms with van der Waals surface area (Å²) < 4.78 is 0. The number of carboxylic acid groups (broad SMARTS) is 1. The SMILES string of the molecule is CCNC(=O)CC[C@@H](C(=O)O)N1CC(CSC(C)=O)CC1=O. The van der Waals surface area contributed by atoms with Gasteiger partial charge in [0.2, 0.25) is 11.8 Å². The van der Waals surface area contributed by atoms with Gasteiger partial charge in [-0.25, -0.2) is 4.79 Å². The van der Waals surface area contributed by atoms with E-state index in [2.05, 4.69) is 5.32 Å². The first kappa shape index (κ1) is 18.5. The number of likely N-dealkylation sites (tertiary alicyclic amines) is 1. The molecule has 0 spiro atoms. The molecule has 2 amide bonds. The molecule has 1 fully saturated rings. The Balaban J connectivity index is 2.59. The number of aliphatic carboxylic acids is 1. The maximum Gasteiger partial charge on any atom is 0.326 e. The van der Waals surface area contributed by atoms with Crippen molar-refractivity contribution in [2.24, 2.45) is 5.92 Å². The molecule has 7 nitrogen and oxygen atoms in total. The number of hydrogen-bond donors (Lipinski definition) is 2. The Morgan fingerprint density at radius 2 is 2.14 bits per heavy atom. The molecule has 2 atom stereocenters. The molecule has 1 unspecified atom stereocenters. The standard InChI is InChI=1S/C14H22N2O5S/c1-3-15-12(18)5-4-11(14(20)21)16-7-10(6-13(16)19)8-22-9(2)17/h10-11H,3-8H2,1-2H3,(H,15,18)(H,20,21)/t10?,11-/m0/s1. The molecule has 0 saturated carbocycles. The number of thioether (sulfide) groups is 1. The fourth-order valence-corrected chi connectivity index (χ4v) is 3.12. The lowest BCUT2D eigenvalue weighted by molar-refractivity contribution is -0.148. The zero-order valence-electron chi connectivity index (χ0n) is 12.8. The van der Waals surface area contributed by atoms with E-state index in [9.17, 15) is 24.3 Å². The van der Waals surface area contributed by atoms with Gasteiger partial charge in [0.15, 0.2) is 5.12 Å². The monoisotopic (exact) mass is 330 g/mol. The number of rotatable bonds is 8. The van der Waals surface area contributed by atoms with E-state index in [0.717, 1.165) is 11.8 Å². The minimum atomic E-state index is -1.10. The second-order valence-electron chi connectivity index (χ2n) is 5.27. The van der Waals surface area contributed by atoms with Crippen molar-refractivity contribution in [1.29, 1.82) is 0 Å². The zero-order valence-corrected chi connectivity index (χ0v) is 13.6. The quantitative estimate of drug-likeness (QED) is 0.671. The summed E-state index contributed by atoms with van der Waals surface area (Å²) in [5, 5.41) is 11.9. The zero-order chi connectivity index (χ0) is 16.7. The average Bonchev–Trinajstić information content (AvgIpc) is 2.78. The number of nitrogens with one attached hydrogen (secondary N) is 1. The van der Waals surface area contributed by atoms with Gasteiger partial charge in [-0.3, -0.25) is 14.4 Å².